The van der Waals surface area contributed by atoms with E-state index in [9.17, 15) is 28.8 Å². The van der Waals surface area contributed by atoms with Crippen LogP contribution < -0.4 is 41.7 Å². The molecule has 1 aromatic rings. The Kier molecular flexibility index (Phi) is 38.2. The lowest BCUT2D eigenvalue weighted by Gasteiger charge is -2.34. The fourth-order valence-electron chi connectivity index (χ4n) is 8.58. The van der Waals surface area contributed by atoms with Crippen molar-refractivity contribution in [2.24, 2.45) is 5.92 Å². The molecule has 95 heavy (non-hydrogen) atoms. The number of carbonyl (C=O) groups is 6. The number of alkyl carbamates (subject to hydrolysis) is 3. The second-order valence-electron chi connectivity index (χ2n) is 31.1. The summed E-state index contributed by atoms with van der Waals surface area (Å²) in [5.41, 5.74) is -5.32. The normalized spacial score (nSPS) is 12.9. The summed E-state index contributed by atoms with van der Waals surface area (Å²) in [6.07, 6.45) is 3.25. The van der Waals surface area contributed by atoms with Gasteiger partial charge in [-0.1, -0.05) is 13.8 Å². The van der Waals surface area contributed by atoms with E-state index in [1.165, 1.54) is 0 Å². The Balaban J connectivity index is 3.18. The molecule has 1 heterocycles. The van der Waals surface area contributed by atoms with Crippen LogP contribution in [0.1, 0.15) is 223 Å². The zero-order chi connectivity index (χ0) is 72.5. The average Bonchev–Trinajstić information content (AvgIpc) is 0.828. The molecule has 26 nitrogen and oxygen atoms in total. The van der Waals surface area contributed by atoms with E-state index in [0.29, 0.717) is 102 Å². The van der Waals surface area contributed by atoms with E-state index < -0.39 is 68.7 Å². The number of ether oxygens (including phenoxy) is 9. The van der Waals surface area contributed by atoms with Crippen molar-refractivity contribution < 1.29 is 71.4 Å². The lowest BCUT2D eigenvalue weighted by Crippen LogP contribution is -2.40. The molecule has 1 aromatic heterocycles. The van der Waals surface area contributed by atoms with Gasteiger partial charge in [0.05, 0.1) is 73.2 Å². The summed E-state index contributed by atoms with van der Waals surface area (Å²) < 4.78 is 53.8. The Labute approximate surface area is 575 Å². The minimum atomic E-state index is -0.614. The number of hydrogen-bond acceptors (Lipinski definition) is 20. The molecule has 0 atom stereocenters. The predicted octanol–water partition coefficient (Wildman–Crippen LogP) is 10.4. The van der Waals surface area contributed by atoms with Crippen LogP contribution >= 0.6 is 11.6 Å². The minimum absolute atomic E-state index is 0.0610. The summed E-state index contributed by atoms with van der Waals surface area (Å²) in [5.74, 6) is 0.701. The van der Waals surface area contributed by atoms with Gasteiger partial charge in [-0.3, -0.25) is 14.4 Å². The smallest absolute Gasteiger partial charge is 0.407 e. The molecule has 0 radical (unpaired) electrons. The third-order valence-corrected chi connectivity index (χ3v) is 14.6. The van der Waals surface area contributed by atoms with Gasteiger partial charge in [0.25, 0.3) is 0 Å². The predicted molar refractivity (Wildman–Crippen MR) is 372 cm³/mol. The first-order chi connectivity index (χ1) is 43.6. The number of amides is 6. The number of nitrogens with zero attached hydrogens (tertiary/aromatic N) is 5. The van der Waals surface area contributed by atoms with E-state index in [0.717, 1.165) is 6.42 Å². The maximum atomic E-state index is 12.6. The van der Waals surface area contributed by atoms with Gasteiger partial charge in [-0.2, -0.15) is 15.0 Å². The van der Waals surface area contributed by atoms with Gasteiger partial charge in [0.15, 0.2) is 0 Å². The van der Waals surface area contributed by atoms with Crippen LogP contribution in [0.15, 0.2) is 0 Å². The standard InChI is InChI=1S/C68H128ClN11O15/c1-50(2)24-40-79(41-28-63(12,13)90-47-31-66(18,19)87-44-25-51(81)70-34-37-73-57(84)93-60(3,4)5)55-76-54(69)77-56(78-55)80(42-29-64(14,15)91-48-32-67(20,21)88-45-26-52(82)71-35-38-74-58(85)94-61(6,7)8)43-30-65(16,17)92-49-33-68(22,23)89-46-27-53(83)72-36-39-75-59(86)95-62(9,10)11/h50H,24-49H2,1-23H3,(H,70,81)(H,71,82)(H,72,83)(H,73,84)(H,74,85)(H,75,86). The average molecular weight is 1380 g/mol. The van der Waals surface area contributed by atoms with Gasteiger partial charge in [0.2, 0.25) is 34.9 Å². The largest absolute Gasteiger partial charge is 0.444 e. The molecule has 0 saturated heterocycles. The number of halogens is 1. The first-order valence-corrected chi connectivity index (χ1v) is 34.4. The summed E-state index contributed by atoms with van der Waals surface area (Å²) in [7, 11) is 0. The highest BCUT2D eigenvalue weighted by Crippen LogP contribution is 2.28. The number of nitrogens with one attached hydrogen (secondary N) is 6. The van der Waals surface area contributed by atoms with Crippen LogP contribution in [0, 0.1) is 5.92 Å². The van der Waals surface area contributed by atoms with Crippen molar-refractivity contribution in [3.05, 3.63) is 5.28 Å². The van der Waals surface area contributed by atoms with E-state index in [4.69, 9.17) is 69.2 Å². The Hall–Kier alpha value is -5.12. The molecule has 0 aromatic carbocycles. The maximum Gasteiger partial charge on any atom is 0.407 e. The van der Waals surface area contributed by atoms with Crippen LogP contribution in [0.3, 0.4) is 0 Å². The van der Waals surface area contributed by atoms with Gasteiger partial charge in [-0.05, 0) is 208 Å². The molecule has 6 N–H and O–H groups in total. The van der Waals surface area contributed by atoms with Crippen LogP contribution in [0.25, 0.3) is 0 Å². The van der Waals surface area contributed by atoms with E-state index in [-0.39, 0.29) is 101 Å². The fourth-order valence-corrected chi connectivity index (χ4v) is 8.73. The SMILES string of the molecule is CC(C)CCN(CCC(C)(C)OCCC(C)(C)OCCC(=O)NCCNC(=O)OC(C)(C)C)c1nc(Cl)nc(N(CCC(C)(C)OCCC(C)(C)OCCC(=O)NCCNC(=O)OC(C)(C)C)CCC(C)(C)OCCC(C)(C)OCCC(=O)NCCNC(=O)OC(C)(C)C)n1. The summed E-state index contributed by atoms with van der Waals surface area (Å²) in [6.45, 7) is 50.2. The topological polar surface area (TPSA) is 303 Å². The first-order valence-electron chi connectivity index (χ1n) is 34.0. The molecule has 552 valence electrons. The molecule has 0 bridgehead atoms. The molecular weight excluding hydrogens is 1250 g/mol. The van der Waals surface area contributed by atoms with Crippen LogP contribution in [0.4, 0.5) is 26.3 Å². The van der Waals surface area contributed by atoms with Crippen LogP contribution in [0.5, 0.6) is 0 Å². The van der Waals surface area contributed by atoms with E-state index in [1.807, 2.05) is 41.5 Å². The van der Waals surface area contributed by atoms with Crippen molar-refractivity contribution in [2.45, 2.75) is 274 Å². The minimum Gasteiger partial charge on any atom is -0.444 e. The fraction of sp³-hybridized carbons (Fsp3) is 0.868. The Morgan fingerprint density at radius 2 is 0.600 bits per heavy atom. The Morgan fingerprint density at radius 3 is 0.863 bits per heavy atom. The summed E-state index contributed by atoms with van der Waals surface area (Å²) in [4.78, 5) is 92.3. The van der Waals surface area contributed by atoms with Crippen molar-refractivity contribution in [3.63, 3.8) is 0 Å². The molecule has 27 heteroatoms. The third-order valence-electron chi connectivity index (χ3n) is 14.5. The number of aromatic nitrogens is 3. The molecule has 0 aliphatic carbocycles. The molecule has 0 unspecified atom stereocenters. The van der Waals surface area contributed by atoms with Gasteiger partial charge >= 0.3 is 18.3 Å². The first kappa shape index (κ1) is 87.9. The van der Waals surface area contributed by atoms with E-state index in [2.05, 4.69) is 97.1 Å². The quantitative estimate of drug-likeness (QED) is 0.0261. The zero-order valence-electron chi connectivity index (χ0n) is 62.7. The Bertz CT molecular complexity index is 2360. The number of anilines is 2. The van der Waals surface area contributed by atoms with Crippen LogP contribution in [-0.4, -0.2) is 206 Å². The zero-order valence-corrected chi connectivity index (χ0v) is 63.5. The third kappa shape index (κ3) is 47.5. The molecule has 0 aliphatic heterocycles. The number of hydrogen-bond donors (Lipinski definition) is 6. The molecule has 1 rings (SSSR count). The van der Waals surface area contributed by atoms with Crippen LogP contribution in [-0.2, 0) is 57.0 Å². The van der Waals surface area contributed by atoms with Gasteiger partial charge in [-0.15, -0.1) is 0 Å². The Morgan fingerprint density at radius 1 is 0.358 bits per heavy atom. The molecule has 0 saturated carbocycles. The van der Waals surface area contributed by atoms with Gasteiger partial charge in [0.1, 0.15) is 16.8 Å². The van der Waals surface area contributed by atoms with Crippen molar-refractivity contribution in [1.82, 2.24) is 46.9 Å². The molecular formula is C68H128ClN11O15. The van der Waals surface area contributed by atoms with Crippen molar-refractivity contribution in [3.8, 4) is 0 Å². The number of carbonyl (C=O) groups excluding carboxylic acids is 6. The maximum absolute atomic E-state index is 12.6. The highest BCUT2D eigenvalue weighted by Gasteiger charge is 2.31. The van der Waals surface area contributed by atoms with Gasteiger partial charge in [0, 0.05) is 84.7 Å². The van der Waals surface area contributed by atoms with E-state index >= 15 is 0 Å². The van der Waals surface area contributed by atoms with Crippen molar-refractivity contribution in [1.29, 1.82) is 0 Å². The molecule has 0 spiro atoms. The highest BCUT2D eigenvalue weighted by molar-refractivity contribution is 6.28. The molecule has 6 amide bonds. The summed E-state index contributed by atoms with van der Waals surface area (Å²) >= 11 is 6.89. The summed E-state index contributed by atoms with van der Waals surface area (Å²) in [6, 6.07) is 0. The molecule has 0 fully saturated rings. The van der Waals surface area contributed by atoms with Gasteiger partial charge in [-0.25, -0.2) is 14.4 Å². The lowest BCUT2D eigenvalue weighted by molar-refractivity contribution is -0.125. The monoisotopic (exact) mass is 1370 g/mol. The van der Waals surface area contributed by atoms with Gasteiger partial charge < -0.3 is 84.3 Å². The van der Waals surface area contributed by atoms with E-state index in [1.54, 1.807) is 62.3 Å². The lowest BCUT2D eigenvalue weighted by atomic mass is 10.0. The van der Waals surface area contributed by atoms with Crippen LogP contribution in [0.2, 0.25) is 5.28 Å². The van der Waals surface area contributed by atoms with Crippen molar-refractivity contribution >= 4 is 59.5 Å². The summed E-state index contributed by atoms with van der Waals surface area (Å²) in [5, 5.41) is 16.4. The van der Waals surface area contributed by atoms with Crippen molar-refractivity contribution in [2.75, 3.05) is 115 Å². The molecule has 0 aliphatic rings. The second kappa shape index (κ2) is 41.3. The highest BCUT2D eigenvalue weighted by atomic mass is 35.5. The number of rotatable bonds is 47. The second-order valence-corrected chi connectivity index (χ2v) is 31.4.